The minimum Gasteiger partial charge on any atom is -0.310 e. The molecule has 0 amide bonds. The SMILES string of the molecule is CC(C)NCc1ccc(CN(C)CCC(F)(F)F)c(Br)c1. The maximum Gasteiger partial charge on any atom is 0.390 e. The molecule has 0 aliphatic carbocycles. The van der Waals surface area contributed by atoms with Gasteiger partial charge in [-0.1, -0.05) is 41.9 Å². The molecule has 0 aromatic heterocycles. The van der Waals surface area contributed by atoms with Gasteiger partial charge in [-0.15, -0.1) is 0 Å². The second-order valence-corrected chi connectivity index (χ2v) is 6.42. The van der Waals surface area contributed by atoms with Gasteiger partial charge in [0.1, 0.15) is 0 Å². The maximum absolute atomic E-state index is 12.2. The van der Waals surface area contributed by atoms with Crippen molar-refractivity contribution in [1.29, 1.82) is 0 Å². The van der Waals surface area contributed by atoms with Crippen molar-refractivity contribution >= 4 is 15.9 Å². The summed E-state index contributed by atoms with van der Waals surface area (Å²) in [7, 11) is 1.70. The quantitative estimate of drug-likeness (QED) is 0.772. The average Bonchev–Trinajstić information content (AvgIpc) is 2.36. The van der Waals surface area contributed by atoms with Crippen LogP contribution in [0.3, 0.4) is 0 Å². The molecule has 1 aromatic rings. The van der Waals surface area contributed by atoms with Crippen molar-refractivity contribution in [2.24, 2.45) is 0 Å². The molecule has 21 heavy (non-hydrogen) atoms. The van der Waals surface area contributed by atoms with Crippen LogP contribution in [0.25, 0.3) is 0 Å². The second kappa shape index (κ2) is 8.15. The highest BCUT2D eigenvalue weighted by Crippen LogP contribution is 2.22. The van der Waals surface area contributed by atoms with Crippen molar-refractivity contribution in [3.05, 3.63) is 33.8 Å². The van der Waals surface area contributed by atoms with Crippen molar-refractivity contribution in [2.45, 2.75) is 45.6 Å². The number of benzene rings is 1. The Balaban J connectivity index is 2.55. The molecule has 0 radical (unpaired) electrons. The second-order valence-electron chi connectivity index (χ2n) is 5.56. The van der Waals surface area contributed by atoms with Gasteiger partial charge in [-0.25, -0.2) is 0 Å². The van der Waals surface area contributed by atoms with Gasteiger partial charge in [0.2, 0.25) is 0 Å². The van der Waals surface area contributed by atoms with Gasteiger partial charge in [0.05, 0.1) is 6.42 Å². The topological polar surface area (TPSA) is 15.3 Å². The van der Waals surface area contributed by atoms with E-state index in [1.54, 1.807) is 11.9 Å². The highest BCUT2D eigenvalue weighted by molar-refractivity contribution is 9.10. The van der Waals surface area contributed by atoms with Crippen LogP contribution in [0.4, 0.5) is 13.2 Å². The Hall–Kier alpha value is -0.590. The number of alkyl halides is 3. The molecule has 0 saturated heterocycles. The van der Waals surface area contributed by atoms with E-state index in [1.165, 1.54) is 0 Å². The minimum atomic E-state index is -4.10. The van der Waals surface area contributed by atoms with E-state index in [-0.39, 0.29) is 6.54 Å². The predicted octanol–water partition coefficient (Wildman–Crippen LogP) is 4.33. The zero-order valence-corrected chi connectivity index (χ0v) is 14.2. The fourth-order valence-electron chi connectivity index (χ4n) is 1.84. The largest absolute Gasteiger partial charge is 0.390 e. The van der Waals surface area contributed by atoms with Crippen LogP contribution in [0.2, 0.25) is 0 Å². The standard InChI is InChI=1S/C15H22BrF3N2/c1-11(2)20-9-12-4-5-13(14(16)8-12)10-21(3)7-6-15(17,18)19/h4-5,8,11,20H,6-7,9-10H2,1-3H3. The first-order chi connectivity index (χ1) is 9.67. The number of halogens is 4. The molecule has 1 N–H and O–H groups in total. The first-order valence-electron chi connectivity index (χ1n) is 6.93. The molecule has 0 spiro atoms. The van der Waals surface area contributed by atoms with Crippen molar-refractivity contribution < 1.29 is 13.2 Å². The van der Waals surface area contributed by atoms with E-state index in [4.69, 9.17) is 0 Å². The Bertz CT molecular complexity index is 447. The van der Waals surface area contributed by atoms with Gasteiger partial charge in [0.15, 0.2) is 0 Å². The van der Waals surface area contributed by atoms with E-state index in [0.717, 1.165) is 22.1 Å². The fraction of sp³-hybridized carbons (Fsp3) is 0.600. The summed E-state index contributed by atoms with van der Waals surface area (Å²) in [6, 6.07) is 6.40. The van der Waals surface area contributed by atoms with Gasteiger partial charge in [0.25, 0.3) is 0 Å². The summed E-state index contributed by atoms with van der Waals surface area (Å²) in [5.74, 6) is 0. The van der Waals surface area contributed by atoms with E-state index in [9.17, 15) is 13.2 Å². The average molecular weight is 367 g/mol. The van der Waals surface area contributed by atoms with Gasteiger partial charge in [-0.05, 0) is 24.2 Å². The predicted molar refractivity (Wildman–Crippen MR) is 83.1 cm³/mol. The molecule has 6 heteroatoms. The third kappa shape index (κ3) is 7.83. The van der Waals surface area contributed by atoms with Gasteiger partial charge in [0, 0.05) is 30.1 Å². The summed E-state index contributed by atoms with van der Waals surface area (Å²) < 4.78 is 37.5. The number of hydrogen-bond acceptors (Lipinski definition) is 2. The lowest BCUT2D eigenvalue weighted by Crippen LogP contribution is -2.24. The normalized spacial score (nSPS) is 12.4. The Morgan fingerprint density at radius 1 is 1.29 bits per heavy atom. The smallest absolute Gasteiger partial charge is 0.310 e. The van der Waals surface area contributed by atoms with Gasteiger partial charge in [-0.3, -0.25) is 0 Å². The van der Waals surface area contributed by atoms with Crippen molar-refractivity contribution in [3.63, 3.8) is 0 Å². The van der Waals surface area contributed by atoms with Crippen molar-refractivity contribution in [3.8, 4) is 0 Å². The summed E-state index contributed by atoms with van der Waals surface area (Å²) in [5.41, 5.74) is 2.14. The number of nitrogens with one attached hydrogen (secondary N) is 1. The Kier molecular flexibility index (Phi) is 7.16. The zero-order chi connectivity index (χ0) is 16.0. The monoisotopic (exact) mass is 366 g/mol. The number of rotatable bonds is 7. The van der Waals surface area contributed by atoms with Crippen LogP contribution in [0.5, 0.6) is 0 Å². The van der Waals surface area contributed by atoms with E-state index < -0.39 is 12.6 Å². The molecule has 0 bridgehead atoms. The first-order valence-corrected chi connectivity index (χ1v) is 7.72. The van der Waals surface area contributed by atoms with Crippen LogP contribution < -0.4 is 5.32 Å². The van der Waals surface area contributed by atoms with E-state index in [0.29, 0.717) is 12.6 Å². The van der Waals surface area contributed by atoms with Crippen LogP contribution >= 0.6 is 15.9 Å². The minimum absolute atomic E-state index is 0.00654. The summed E-state index contributed by atoms with van der Waals surface area (Å²) in [6.45, 7) is 5.44. The first kappa shape index (κ1) is 18.5. The maximum atomic E-state index is 12.2. The van der Waals surface area contributed by atoms with E-state index >= 15 is 0 Å². The highest BCUT2D eigenvalue weighted by atomic mass is 79.9. The molecular weight excluding hydrogens is 345 g/mol. The Morgan fingerprint density at radius 2 is 1.95 bits per heavy atom. The van der Waals surface area contributed by atoms with Crippen LogP contribution in [-0.2, 0) is 13.1 Å². The summed E-state index contributed by atoms with van der Waals surface area (Å²) in [5, 5.41) is 3.33. The molecule has 2 nitrogen and oxygen atoms in total. The van der Waals surface area contributed by atoms with E-state index in [2.05, 4.69) is 35.1 Å². The molecule has 0 fully saturated rings. The van der Waals surface area contributed by atoms with Gasteiger partial charge >= 0.3 is 6.18 Å². The third-order valence-electron chi connectivity index (χ3n) is 3.05. The highest BCUT2D eigenvalue weighted by Gasteiger charge is 2.27. The Morgan fingerprint density at radius 3 is 2.48 bits per heavy atom. The molecule has 1 aromatic carbocycles. The van der Waals surface area contributed by atoms with Crippen LogP contribution in [0.15, 0.2) is 22.7 Å². The van der Waals surface area contributed by atoms with Gasteiger partial charge in [-0.2, -0.15) is 13.2 Å². The molecule has 0 aliphatic heterocycles. The molecule has 0 saturated carbocycles. The lowest BCUT2D eigenvalue weighted by Gasteiger charge is -2.19. The molecule has 1 rings (SSSR count). The lowest BCUT2D eigenvalue weighted by atomic mass is 10.1. The van der Waals surface area contributed by atoms with Crippen molar-refractivity contribution in [2.75, 3.05) is 13.6 Å². The molecular formula is C15H22BrF3N2. The summed E-state index contributed by atoms with van der Waals surface area (Å²) in [6.07, 6.45) is -4.88. The molecule has 0 heterocycles. The van der Waals surface area contributed by atoms with Crippen LogP contribution in [0, 0.1) is 0 Å². The van der Waals surface area contributed by atoms with Gasteiger partial charge < -0.3 is 10.2 Å². The van der Waals surface area contributed by atoms with Crippen LogP contribution in [0.1, 0.15) is 31.4 Å². The summed E-state index contributed by atoms with van der Waals surface area (Å²) >= 11 is 3.50. The van der Waals surface area contributed by atoms with E-state index in [1.807, 2.05) is 18.2 Å². The third-order valence-corrected chi connectivity index (χ3v) is 3.79. The molecule has 0 aliphatic rings. The molecule has 0 unspecified atom stereocenters. The lowest BCUT2D eigenvalue weighted by molar-refractivity contribution is -0.137. The number of nitrogens with zero attached hydrogens (tertiary/aromatic N) is 1. The van der Waals surface area contributed by atoms with Crippen molar-refractivity contribution in [1.82, 2.24) is 10.2 Å². The number of hydrogen-bond donors (Lipinski definition) is 1. The fourth-order valence-corrected chi connectivity index (χ4v) is 2.39. The Labute approximate surface area is 132 Å². The summed E-state index contributed by atoms with van der Waals surface area (Å²) in [4.78, 5) is 1.68. The molecule has 120 valence electrons. The zero-order valence-electron chi connectivity index (χ0n) is 12.6. The van der Waals surface area contributed by atoms with Crippen LogP contribution in [-0.4, -0.2) is 30.7 Å². The molecule has 0 atom stereocenters.